The Labute approximate surface area is 157 Å². The van der Waals surface area contributed by atoms with Crippen molar-refractivity contribution >= 4 is 38.7 Å². The number of rotatable bonds is 3. The number of nitrogens with zero attached hydrogens (tertiary/aromatic N) is 3. The SMILES string of the molecule is Cc1ccc2nc(N3CCN(C(=O)/C=C/c4ccccc4)CC3)sc2c1. The quantitative estimate of drug-likeness (QED) is 0.661. The lowest BCUT2D eigenvalue weighted by atomic mass is 10.2. The largest absolute Gasteiger partial charge is 0.345 e. The van der Waals surface area contributed by atoms with Gasteiger partial charge < -0.3 is 9.80 Å². The molecule has 0 N–H and O–H groups in total. The molecule has 0 aliphatic carbocycles. The maximum Gasteiger partial charge on any atom is 0.246 e. The van der Waals surface area contributed by atoms with E-state index in [4.69, 9.17) is 4.98 Å². The maximum atomic E-state index is 12.4. The summed E-state index contributed by atoms with van der Waals surface area (Å²) in [5, 5.41) is 1.05. The molecule has 0 spiro atoms. The van der Waals surface area contributed by atoms with E-state index in [1.165, 1.54) is 10.3 Å². The second-order valence-corrected chi connectivity index (χ2v) is 7.53. The maximum absolute atomic E-state index is 12.4. The Morgan fingerprint density at radius 2 is 1.85 bits per heavy atom. The van der Waals surface area contributed by atoms with Crippen LogP contribution in [0.2, 0.25) is 0 Å². The van der Waals surface area contributed by atoms with Crippen molar-refractivity contribution in [2.24, 2.45) is 0 Å². The average molecular weight is 363 g/mol. The molecule has 1 aliphatic rings. The van der Waals surface area contributed by atoms with Gasteiger partial charge in [-0.25, -0.2) is 4.98 Å². The molecule has 0 atom stereocenters. The van der Waals surface area contributed by atoms with Crippen LogP contribution >= 0.6 is 11.3 Å². The monoisotopic (exact) mass is 363 g/mol. The molecular weight excluding hydrogens is 342 g/mol. The zero-order valence-corrected chi connectivity index (χ0v) is 15.6. The Hall–Kier alpha value is -2.66. The summed E-state index contributed by atoms with van der Waals surface area (Å²) in [6.45, 7) is 5.21. The molecule has 3 aromatic rings. The Bertz CT molecular complexity index is 940. The van der Waals surface area contributed by atoms with E-state index < -0.39 is 0 Å². The number of aromatic nitrogens is 1. The van der Waals surface area contributed by atoms with Crippen LogP contribution in [-0.4, -0.2) is 42.0 Å². The number of benzene rings is 2. The Morgan fingerprint density at radius 3 is 2.62 bits per heavy atom. The topological polar surface area (TPSA) is 36.4 Å². The number of hydrogen-bond acceptors (Lipinski definition) is 4. The highest BCUT2D eigenvalue weighted by molar-refractivity contribution is 7.22. The molecule has 5 heteroatoms. The van der Waals surface area contributed by atoms with Crippen molar-refractivity contribution < 1.29 is 4.79 Å². The van der Waals surface area contributed by atoms with Gasteiger partial charge in [-0.3, -0.25) is 4.79 Å². The molecule has 0 bridgehead atoms. The lowest BCUT2D eigenvalue weighted by molar-refractivity contribution is -0.126. The summed E-state index contributed by atoms with van der Waals surface area (Å²) < 4.78 is 1.23. The fourth-order valence-electron chi connectivity index (χ4n) is 3.11. The Balaban J connectivity index is 1.38. The van der Waals surface area contributed by atoms with Gasteiger partial charge in [0.05, 0.1) is 10.2 Å². The van der Waals surface area contributed by atoms with Gasteiger partial charge in [-0.1, -0.05) is 47.7 Å². The molecule has 2 aromatic carbocycles. The van der Waals surface area contributed by atoms with E-state index in [-0.39, 0.29) is 5.91 Å². The summed E-state index contributed by atoms with van der Waals surface area (Å²) in [5.41, 5.74) is 3.36. The molecule has 132 valence electrons. The van der Waals surface area contributed by atoms with E-state index in [0.717, 1.165) is 42.4 Å². The lowest BCUT2D eigenvalue weighted by Gasteiger charge is -2.34. The second kappa shape index (κ2) is 7.30. The van der Waals surface area contributed by atoms with Crippen molar-refractivity contribution in [2.75, 3.05) is 31.1 Å². The molecule has 1 aromatic heterocycles. The van der Waals surface area contributed by atoms with Crippen LogP contribution in [0.5, 0.6) is 0 Å². The van der Waals surface area contributed by atoms with Crippen LogP contribution in [0.3, 0.4) is 0 Å². The van der Waals surface area contributed by atoms with Gasteiger partial charge in [0.25, 0.3) is 0 Å². The molecule has 1 amide bonds. The van der Waals surface area contributed by atoms with E-state index in [9.17, 15) is 4.79 Å². The summed E-state index contributed by atoms with van der Waals surface area (Å²) >= 11 is 1.73. The first kappa shape index (κ1) is 16.8. The van der Waals surface area contributed by atoms with Crippen molar-refractivity contribution in [3.8, 4) is 0 Å². The van der Waals surface area contributed by atoms with Crippen LogP contribution in [0.1, 0.15) is 11.1 Å². The first-order valence-corrected chi connectivity index (χ1v) is 9.65. The van der Waals surface area contributed by atoms with Gasteiger partial charge in [-0.15, -0.1) is 0 Å². The van der Waals surface area contributed by atoms with Gasteiger partial charge >= 0.3 is 0 Å². The van der Waals surface area contributed by atoms with E-state index in [0.29, 0.717) is 0 Å². The lowest BCUT2D eigenvalue weighted by Crippen LogP contribution is -2.48. The number of thiazole rings is 1. The average Bonchev–Trinajstić information content (AvgIpc) is 3.10. The zero-order valence-electron chi connectivity index (χ0n) is 14.8. The number of anilines is 1. The fraction of sp³-hybridized carbons (Fsp3) is 0.238. The third-order valence-electron chi connectivity index (χ3n) is 4.61. The van der Waals surface area contributed by atoms with Gasteiger partial charge in [0.2, 0.25) is 5.91 Å². The minimum atomic E-state index is 0.0772. The first-order valence-electron chi connectivity index (χ1n) is 8.83. The molecule has 1 fully saturated rings. The molecule has 1 aliphatic heterocycles. The highest BCUT2D eigenvalue weighted by Gasteiger charge is 2.21. The minimum Gasteiger partial charge on any atom is -0.345 e. The standard InChI is InChI=1S/C21H21N3OS/c1-16-7-9-18-19(15-16)26-21(22-18)24-13-11-23(12-14-24)20(25)10-8-17-5-3-2-4-6-17/h2-10,15H,11-14H2,1H3/b10-8+. The summed E-state index contributed by atoms with van der Waals surface area (Å²) in [5.74, 6) is 0.0772. The molecule has 0 radical (unpaired) electrons. The minimum absolute atomic E-state index is 0.0772. The highest BCUT2D eigenvalue weighted by atomic mass is 32.1. The predicted molar refractivity (Wildman–Crippen MR) is 109 cm³/mol. The van der Waals surface area contributed by atoms with E-state index in [2.05, 4.69) is 30.0 Å². The third kappa shape index (κ3) is 3.63. The number of hydrogen-bond donors (Lipinski definition) is 0. The molecule has 0 saturated carbocycles. The second-order valence-electron chi connectivity index (χ2n) is 6.52. The molecule has 4 nitrogen and oxygen atoms in total. The normalized spacial score (nSPS) is 15.1. The van der Waals surface area contributed by atoms with Crippen LogP contribution in [0.15, 0.2) is 54.6 Å². The highest BCUT2D eigenvalue weighted by Crippen LogP contribution is 2.30. The van der Waals surface area contributed by atoms with Gasteiger partial charge in [0.15, 0.2) is 5.13 Å². The Kier molecular flexibility index (Phi) is 4.71. The molecule has 1 saturated heterocycles. The van der Waals surface area contributed by atoms with Crippen molar-refractivity contribution in [1.29, 1.82) is 0 Å². The fourth-order valence-corrected chi connectivity index (χ4v) is 4.23. The van der Waals surface area contributed by atoms with E-state index in [1.54, 1.807) is 17.4 Å². The van der Waals surface area contributed by atoms with Crippen molar-refractivity contribution in [3.05, 3.63) is 65.7 Å². The number of piperazine rings is 1. The molecule has 4 rings (SSSR count). The number of fused-ring (bicyclic) bond motifs is 1. The number of aryl methyl sites for hydroxylation is 1. The zero-order chi connectivity index (χ0) is 17.9. The van der Waals surface area contributed by atoms with Crippen LogP contribution in [0, 0.1) is 6.92 Å². The smallest absolute Gasteiger partial charge is 0.246 e. The van der Waals surface area contributed by atoms with Crippen LogP contribution in [-0.2, 0) is 4.79 Å². The Morgan fingerprint density at radius 1 is 1.08 bits per heavy atom. The molecule has 26 heavy (non-hydrogen) atoms. The first-order chi connectivity index (χ1) is 12.7. The van der Waals surface area contributed by atoms with Gasteiger partial charge in [0.1, 0.15) is 0 Å². The van der Waals surface area contributed by atoms with Crippen molar-refractivity contribution in [1.82, 2.24) is 9.88 Å². The molecular formula is C21H21N3OS. The predicted octanol–water partition coefficient (Wildman–Crippen LogP) is 3.97. The van der Waals surface area contributed by atoms with Crippen molar-refractivity contribution in [2.45, 2.75) is 6.92 Å². The molecule has 0 unspecified atom stereocenters. The summed E-state index contributed by atoms with van der Waals surface area (Å²) in [6.07, 6.45) is 3.55. The van der Waals surface area contributed by atoms with Gasteiger partial charge in [0, 0.05) is 32.3 Å². The van der Waals surface area contributed by atoms with Crippen LogP contribution in [0.25, 0.3) is 16.3 Å². The van der Waals surface area contributed by atoms with Crippen LogP contribution < -0.4 is 4.90 Å². The summed E-state index contributed by atoms with van der Waals surface area (Å²) in [7, 11) is 0. The molecule has 2 heterocycles. The summed E-state index contributed by atoms with van der Waals surface area (Å²) in [4.78, 5) is 21.3. The number of carbonyl (C=O) groups excluding carboxylic acids is 1. The van der Waals surface area contributed by atoms with E-state index >= 15 is 0 Å². The van der Waals surface area contributed by atoms with Gasteiger partial charge in [-0.2, -0.15) is 0 Å². The van der Waals surface area contributed by atoms with E-state index in [1.807, 2.05) is 41.3 Å². The number of carbonyl (C=O) groups is 1. The van der Waals surface area contributed by atoms with Gasteiger partial charge in [-0.05, 0) is 36.3 Å². The summed E-state index contributed by atoms with van der Waals surface area (Å²) in [6, 6.07) is 16.3. The van der Waals surface area contributed by atoms with Crippen molar-refractivity contribution in [3.63, 3.8) is 0 Å². The van der Waals surface area contributed by atoms with Crippen LogP contribution in [0.4, 0.5) is 5.13 Å². The number of amides is 1. The third-order valence-corrected chi connectivity index (χ3v) is 5.69.